The summed E-state index contributed by atoms with van der Waals surface area (Å²) in [5.74, 6) is 0.171. The number of ketones is 1. The lowest BCUT2D eigenvalue weighted by Crippen LogP contribution is -2.23. The van der Waals surface area contributed by atoms with Crippen molar-refractivity contribution in [2.24, 2.45) is 0 Å². The van der Waals surface area contributed by atoms with E-state index in [1.54, 1.807) is 11.8 Å². The molecular weight excluding hydrogens is 170 g/mol. The molecule has 0 fully saturated rings. The molecule has 1 atom stereocenters. The molecule has 1 aliphatic rings. The fourth-order valence-corrected chi connectivity index (χ4v) is 1.77. The molecule has 0 aliphatic carbocycles. The number of nitrogens with one attached hydrogen (secondary N) is 1. The van der Waals surface area contributed by atoms with Crippen LogP contribution in [0.1, 0.15) is 6.42 Å². The first-order valence-corrected chi connectivity index (χ1v) is 4.33. The maximum Gasteiger partial charge on any atom is 0.161 e. The van der Waals surface area contributed by atoms with E-state index in [1.807, 2.05) is 11.5 Å². The molecule has 1 aliphatic heterocycles. The van der Waals surface area contributed by atoms with Crippen molar-refractivity contribution in [2.75, 3.05) is 6.54 Å². The van der Waals surface area contributed by atoms with Gasteiger partial charge in [0.15, 0.2) is 5.78 Å². The predicted octanol–water partition coefficient (Wildman–Crippen LogP) is 1.32. The van der Waals surface area contributed by atoms with Gasteiger partial charge in [-0.25, -0.2) is 4.84 Å². The molecule has 0 saturated heterocycles. The van der Waals surface area contributed by atoms with Crippen LogP contribution in [-0.2, 0) is 4.79 Å². The molecule has 10 heavy (non-hydrogen) atoms. The van der Waals surface area contributed by atoms with Gasteiger partial charge >= 0.3 is 0 Å². The van der Waals surface area contributed by atoms with Crippen LogP contribution in [0.4, 0.5) is 0 Å². The van der Waals surface area contributed by atoms with Gasteiger partial charge in [0.25, 0.3) is 0 Å². The Balaban J connectivity index is 2.28. The molecule has 2 nitrogen and oxygen atoms in total. The third kappa shape index (κ3) is 2.01. The van der Waals surface area contributed by atoms with Gasteiger partial charge in [-0.3, -0.25) is 4.79 Å². The average Bonchev–Trinajstić information content (AvgIpc) is 2.38. The van der Waals surface area contributed by atoms with Gasteiger partial charge in [0.1, 0.15) is 0 Å². The third-order valence-electron chi connectivity index (χ3n) is 1.29. The largest absolute Gasteiger partial charge is 0.297 e. The monoisotopic (exact) mass is 177 g/mol. The van der Waals surface area contributed by atoms with Gasteiger partial charge in [0, 0.05) is 0 Å². The summed E-state index contributed by atoms with van der Waals surface area (Å²) in [5.41, 5.74) is 0. The minimum Gasteiger partial charge on any atom is -0.297 e. The molecule has 0 bridgehead atoms. The van der Waals surface area contributed by atoms with Crippen molar-refractivity contribution in [2.45, 2.75) is 11.7 Å². The Labute approximate surface area is 69.1 Å². The predicted molar refractivity (Wildman–Crippen MR) is 44.0 cm³/mol. The molecule has 0 amide bonds. The van der Waals surface area contributed by atoms with E-state index < -0.39 is 0 Å². The number of hydrogen-bond donors (Lipinski definition) is 1. The third-order valence-corrected chi connectivity index (χ3v) is 2.56. The number of Topliss-reactive ketones (excluding diaryl/α,β-unsaturated/α-hetero) is 1. The molecule has 0 saturated carbocycles. The lowest BCUT2D eigenvalue weighted by atomic mass is 10.2. The molecule has 0 radical (unpaired) electrons. The number of thioether (sulfide) groups is 1. The highest BCUT2D eigenvalue weighted by Crippen LogP contribution is 2.24. The van der Waals surface area contributed by atoms with E-state index in [4.69, 9.17) is 11.8 Å². The second kappa shape index (κ2) is 4.01. The van der Waals surface area contributed by atoms with Crippen LogP contribution in [0.5, 0.6) is 0 Å². The lowest BCUT2D eigenvalue weighted by Gasteiger charge is -2.04. The molecule has 1 N–H and O–H groups in total. The van der Waals surface area contributed by atoms with Crippen molar-refractivity contribution in [3.05, 3.63) is 11.5 Å². The topological polar surface area (TPSA) is 29.1 Å². The molecular formula is C6H8ClNOS. The molecule has 0 aromatic rings. The fourth-order valence-electron chi connectivity index (χ4n) is 0.772. The molecule has 1 rings (SSSR count). The molecule has 4 heteroatoms. The maximum absolute atomic E-state index is 11.0. The Morgan fingerprint density at radius 1 is 1.90 bits per heavy atom. The smallest absolute Gasteiger partial charge is 0.161 e. The zero-order valence-electron chi connectivity index (χ0n) is 5.34. The number of halogens is 1. The highest BCUT2D eigenvalue weighted by Gasteiger charge is 2.18. The minimum absolute atomic E-state index is 0.103. The van der Waals surface area contributed by atoms with Crippen LogP contribution in [0.3, 0.4) is 0 Å². The molecule has 0 spiro atoms. The van der Waals surface area contributed by atoms with E-state index in [9.17, 15) is 4.79 Å². The molecule has 0 aromatic carbocycles. The summed E-state index contributed by atoms with van der Waals surface area (Å²) < 4.78 is 0. The van der Waals surface area contributed by atoms with Gasteiger partial charge in [0.2, 0.25) is 0 Å². The van der Waals surface area contributed by atoms with Crippen molar-refractivity contribution in [1.82, 2.24) is 4.84 Å². The Bertz CT molecular complexity index is 152. The van der Waals surface area contributed by atoms with Crippen molar-refractivity contribution < 1.29 is 4.79 Å². The number of hydrogen-bond acceptors (Lipinski definition) is 3. The minimum atomic E-state index is 0.103. The number of carbonyl (C=O) groups is 1. The first-order valence-electron chi connectivity index (χ1n) is 3.01. The molecule has 1 heterocycles. The molecule has 0 aromatic heterocycles. The van der Waals surface area contributed by atoms with Crippen LogP contribution in [0.2, 0.25) is 0 Å². The summed E-state index contributed by atoms with van der Waals surface area (Å²) in [4.78, 5) is 13.4. The van der Waals surface area contributed by atoms with Gasteiger partial charge in [0.05, 0.1) is 11.8 Å². The highest BCUT2D eigenvalue weighted by molar-refractivity contribution is 8.03. The summed E-state index contributed by atoms with van der Waals surface area (Å²) in [6.45, 7) is 0.265. The highest BCUT2D eigenvalue weighted by atomic mass is 35.5. The summed E-state index contributed by atoms with van der Waals surface area (Å²) >= 11 is 6.74. The quantitative estimate of drug-likeness (QED) is 0.660. The first-order chi connectivity index (χ1) is 4.84. The van der Waals surface area contributed by atoms with Gasteiger partial charge in [-0.2, -0.15) is 0 Å². The number of carbonyl (C=O) groups excluding carboxylic acids is 1. The van der Waals surface area contributed by atoms with Gasteiger partial charge in [-0.15, -0.1) is 11.8 Å². The second-order valence-corrected chi connectivity index (χ2v) is 3.39. The van der Waals surface area contributed by atoms with E-state index in [2.05, 4.69) is 4.84 Å². The SMILES string of the molecule is O=C(CNCl)C1CC=CS1. The van der Waals surface area contributed by atoms with E-state index in [1.165, 1.54) is 0 Å². The van der Waals surface area contributed by atoms with Crippen LogP contribution in [-0.4, -0.2) is 17.6 Å². The van der Waals surface area contributed by atoms with Gasteiger partial charge in [-0.05, 0) is 23.6 Å². The fraction of sp³-hybridized carbons (Fsp3) is 0.500. The zero-order chi connectivity index (χ0) is 7.40. The zero-order valence-corrected chi connectivity index (χ0v) is 6.91. The Morgan fingerprint density at radius 2 is 2.70 bits per heavy atom. The average molecular weight is 178 g/mol. The van der Waals surface area contributed by atoms with Crippen molar-refractivity contribution in [3.8, 4) is 0 Å². The summed E-state index contributed by atoms with van der Waals surface area (Å²) in [7, 11) is 0. The lowest BCUT2D eigenvalue weighted by molar-refractivity contribution is -0.117. The van der Waals surface area contributed by atoms with Gasteiger partial charge in [-0.1, -0.05) is 6.08 Å². The summed E-state index contributed by atoms with van der Waals surface area (Å²) in [5, 5.41) is 2.06. The van der Waals surface area contributed by atoms with Crippen LogP contribution in [0.25, 0.3) is 0 Å². The number of allylic oxidation sites excluding steroid dienone is 1. The standard InChI is InChI=1S/C6H8ClNOS/c7-8-4-5(9)6-2-1-3-10-6/h1,3,6,8H,2,4H2. The van der Waals surface area contributed by atoms with Crippen LogP contribution in [0, 0.1) is 0 Å². The van der Waals surface area contributed by atoms with Crippen molar-refractivity contribution in [1.29, 1.82) is 0 Å². The molecule has 1 unspecified atom stereocenters. The molecule has 56 valence electrons. The summed E-state index contributed by atoms with van der Waals surface area (Å²) in [6.07, 6.45) is 2.85. The van der Waals surface area contributed by atoms with E-state index >= 15 is 0 Å². The van der Waals surface area contributed by atoms with E-state index in [-0.39, 0.29) is 17.6 Å². The van der Waals surface area contributed by atoms with Crippen LogP contribution in [0.15, 0.2) is 11.5 Å². The summed E-state index contributed by atoms with van der Waals surface area (Å²) in [6, 6.07) is 0. The normalized spacial score (nSPS) is 23.5. The van der Waals surface area contributed by atoms with E-state index in [0.29, 0.717) is 0 Å². The van der Waals surface area contributed by atoms with E-state index in [0.717, 1.165) is 6.42 Å². The van der Waals surface area contributed by atoms with Crippen molar-refractivity contribution in [3.63, 3.8) is 0 Å². The number of rotatable bonds is 3. The van der Waals surface area contributed by atoms with Gasteiger partial charge < -0.3 is 0 Å². The Kier molecular flexibility index (Phi) is 3.25. The van der Waals surface area contributed by atoms with Crippen LogP contribution >= 0.6 is 23.5 Å². The first kappa shape index (κ1) is 8.11. The second-order valence-electron chi connectivity index (χ2n) is 2.01. The van der Waals surface area contributed by atoms with Crippen LogP contribution < -0.4 is 4.84 Å². The van der Waals surface area contributed by atoms with Crippen molar-refractivity contribution >= 4 is 29.3 Å². The maximum atomic E-state index is 11.0. The Morgan fingerprint density at radius 3 is 3.20 bits per heavy atom. The Hall–Kier alpha value is 0.01000.